The Morgan fingerprint density at radius 1 is 1.43 bits per heavy atom. The highest BCUT2D eigenvalue weighted by atomic mass is 16.5. The predicted octanol–water partition coefficient (Wildman–Crippen LogP) is 0.870. The van der Waals surface area contributed by atoms with Gasteiger partial charge in [-0.1, -0.05) is 6.92 Å². The second kappa shape index (κ2) is 4.17. The maximum atomic E-state index is 9.45. The minimum Gasteiger partial charge on any atom is -0.392 e. The largest absolute Gasteiger partial charge is 0.392 e. The Morgan fingerprint density at radius 3 is 2.71 bits per heavy atom. The quantitative estimate of drug-likeness (QED) is 0.716. The summed E-state index contributed by atoms with van der Waals surface area (Å²) in [5.74, 6) is 0. The molecule has 0 bridgehead atoms. The lowest BCUT2D eigenvalue weighted by molar-refractivity contribution is 0.00697. The Kier molecular flexibility index (Phi) is 3.10. The van der Waals surface area contributed by atoms with E-state index in [1.54, 1.807) is 0 Å². The van der Waals surface area contributed by atoms with Crippen LogP contribution in [-0.2, 0) is 4.74 Å². The number of hydrogen-bond acceptors (Lipinski definition) is 3. The Hall–Kier alpha value is -0.120. The first-order chi connectivity index (χ1) is 6.68. The van der Waals surface area contributed by atoms with E-state index in [1.165, 1.54) is 12.8 Å². The molecule has 2 heterocycles. The molecule has 3 heteroatoms. The zero-order valence-corrected chi connectivity index (χ0v) is 9.04. The molecule has 0 saturated carbocycles. The van der Waals surface area contributed by atoms with E-state index in [2.05, 4.69) is 11.8 Å². The molecule has 0 amide bonds. The lowest BCUT2D eigenvalue weighted by Gasteiger charge is -2.36. The molecule has 2 saturated heterocycles. The van der Waals surface area contributed by atoms with Crippen molar-refractivity contribution in [3.63, 3.8) is 0 Å². The van der Waals surface area contributed by atoms with E-state index < -0.39 is 0 Å². The van der Waals surface area contributed by atoms with E-state index in [1.807, 2.05) is 0 Å². The maximum absolute atomic E-state index is 9.45. The molecule has 0 aromatic heterocycles. The summed E-state index contributed by atoms with van der Waals surface area (Å²) in [6.07, 6.45) is 3.20. The fourth-order valence-electron chi connectivity index (χ4n) is 2.52. The van der Waals surface area contributed by atoms with E-state index in [0.717, 1.165) is 39.3 Å². The minimum atomic E-state index is -0.0848. The topological polar surface area (TPSA) is 32.7 Å². The number of aliphatic hydroxyl groups is 1. The normalized spacial score (nSPS) is 33.4. The first-order valence-electron chi connectivity index (χ1n) is 5.66. The van der Waals surface area contributed by atoms with E-state index in [-0.39, 0.29) is 6.10 Å². The summed E-state index contributed by atoms with van der Waals surface area (Å²) in [5.41, 5.74) is 0.419. The second-order valence-electron chi connectivity index (χ2n) is 5.10. The van der Waals surface area contributed by atoms with Crippen LogP contribution in [0.2, 0.25) is 0 Å². The van der Waals surface area contributed by atoms with Gasteiger partial charge in [-0.2, -0.15) is 0 Å². The number of ether oxygens (including phenoxy) is 1. The van der Waals surface area contributed by atoms with Gasteiger partial charge in [0, 0.05) is 32.8 Å². The van der Waals surface area contributed by atoms with Crippen molar-refractivity contribution in [3.8, 4) is 0 Å². The van der Waals surface area contributed by atoms with Crippen molar-refractivity contribution >= 4 is 0 Å². The van der Waals surface area contributed by atoms with Gasteiger partial charge >= 0.3 is 0 Å². The molecule has 3 nitrogen and oxygen atoms in total. The van der Waals surface area contributed by atoms with Gasteiger partial charge in [0.05, 0.1) is 6.10 Å². The van der Waals surface area contributed by atoms with Crippen LogP contribution < -0.4 is 0 Å². The first-order valence-corrected chi connectivity index (χ1v) is 5.66. The maximum Gasteiger partial charge on any atom is 0.0679 e. The zero-order chi connectivity index (χ0) is 10.0. The van der Waals surface area contributed by atoms with Crippen LogP contribution >= 0.6 is 0 Å². The highest BCUT2D eigenvalue weighted by Crippen LogP contribution is 2.31. The summed E-state index contributed by atoms with van der Waals surface area (Å²) < 4.78 is 5.38. The molecule has 1 atom stereocenters. The molecule has 14 heavy (non-hydrogen) atoms. The third-order valence-electron chi connectivity index (χ3n) is 3.55. The van der Waals surface area contributed by atoms with Crippen LogP contribution in [0.5, 0.6) is 0 Å². The fraction of sp³-hybridized carbons (Fsp3) is 1.00. The van der Waals surface area contributed by atoms with E-state index in [9.17, 15) is 5.11 Å². The number of hydrogen-bond donors (Lipinski definition) is 1. The van der Waals surface area contributed by atoms with Crippen LogP contribution in [0, 0.1) is 5.41 Å². The number of β-amino-alcohol motifs (C(OH)–C–C–N with tert-alkyl or cyclic N) is 1. The van der Waals surface area contributed by atoms with Gasteiger partial charge in [0.25, 0.3) is 0 Å². The van der Waals surface area contributed by atoms with Crippen LogP contribution in [0.1, 0.15) is 26.2 Å². The third kappa shape index (κ3) is 2.47. The second-order valence-corrected chi connectivity index (χ2v) is 5.10. The molecule has 0 aromatic rings. The van der Waals surface area contributed by atoms with Gasteiger partial charge in [0.1, 0.15) is 0 Å². The van der Waals surface area contributed by atoms with Gasteiger partial charge in [-0.15, -0.1) is 0 Å². The van der Waals surface area contributed by atoms with Crippen molar-refractivity contribution in [1.29, 1.82) is 0 Å². The molecule has 2 aliphatic rings. The third-order valence-corrected chi connectivity index (χ3v) is 3.55. The molecule has 82 valence electrons. The van der Waals surface area contributed by atoms with E-state index in [4.69, 9.17) is 4.74 Å². The van der Waals surface area contributed by atoms with E-state index >= 15 is 0 Å². The average molecular weight is 199 g/mol. The van der Waals surface area contributed by atoms with E-state index in [0.29, 0.717) is 5.41 Å². The Labute approximate surface area is 86.0 Å². The summed E-state index contributed by atoms with van der Waals surface area (Å²) in [7, 11) is 0. The minimum absolute atomic E-state index is 0.0848. The highest BCUT2D eigenvalue weighted by molar-refractivity contribution is 4.84. The van der Waals surface area contributed by atoms with Gasteiger partial charge in [0.15, 0.2) is 0 Å². The van der Waals surface area contributed by atoms with Crippen LogP contribution in [0.15, 0.2) is 0 Å². The molecule has 0 radical (unpaired) electrons. The number of rotatable bonds is 2. The SMILES string of the molecule is CC1(CN2CC[C@H](O)C2)CCOCC1. The molecule has 2 aliphatic heterocycles. The summed E-state index contributed by atoms with van der Waals surface area (Å²) >= 11 is 0. The number of likely N-dealkylation sites (tertiary alicyclic amines) is 1. The molecule has 0 aromatic carbocycles. The molecular formula is C11H21NO2. The van der Waals surface area contributed by atoms with Crippen LogP contribution in [0.25, 0.3) is 0 Å². The van der Waals surface area contributed by atoms with Crippen LogP contribution in [-0.4, -0.2) is 49.0 Å². The first kappa shape index (κ1) is 10.4. The van der Waals surface area contributed by atoms with Crippen LogP contribution in [0.4, 0.5) is 0 Å². The van der Waals surface area contributed by atoms with Crippen molar-refractivity contribution in [3.05, 3.63) is 0 Å². The lowest BCUT2D eigenvalue weighted by atomic mass is 9.82. The highest BCUT2D eigenvalue weighted by Gasteiger charge is 2.32. The molecular weight excluding hydrogens is 178 g/mol. The molecule has 0 aliphatic carbocycles. The smallest absolute Gasteiger partial charge is 0.0679 e. The number of nitrogens with zero attached hydrogens (tertiary/aromatic N) is 1. The molecule has 0 spiro atoms. The Bertz CT molecular complexity index is 190. The standard InChI is InChI=1S/C11H21NO2/c1-11(3-6-14-7-4-11)9-12-5-2-10(13)8-12/h10,13H,2-9H2,1H3/t10-/m0/s1. The Morgan fingerprint density at radius 2 is 2.14 bits per heavy atom. The zero-order valence-electron chi connectivity index (χ0n) is 9.04. The Balaban J connectivity index is 1.83. The lowest BCUT2D eigenvalue weighted by Crippen LogP contribution is -2.38. The summed E-state index contributed by atoms with van der Waals surface area (Å²) in [4.78, 5) is 2.40. The monoisotopic (exact) mass is 199 g/mol. The summed E-state index contributed by atoms with van der Waals surface area (Å²) in [6.45, 7) is 7.24. The molecule has 0 unspecified atom stereocenters. The van der Waals surface area contributed by atoms with Crippen molar-refractivity contribution < 1.29 is 9.84 Å². The van der Waals surface area contributed by atoms with Crippen LogP contribution in [0.3, 0.4) is 0 Å². The molecule has 1 N–H and O–H groups in total. The van der Waals surface area contributed by atoms with Gasteiger partial charge < -0.3 is 14.7 Å². The predicted molar refractivity (Wildman–Crippen MR) is 55.2 cm³/mol. The average Bonchev–Trinajstić information content (AvgIpc) is 2.51. The van der Waals surface area contributed by atoms with Crippen molar-refractivity contribution in [2.75, 3.05) is 32.8 Å². The summed E-state index contributed by atoms with van der Waals surface area (Å²) in [5, 5.41) is 9.45. The van der Waals surface area contributed by atoms with Crippen molar-refractivity contribution in [2.24, 2.45) is 5.41 Å². The van der Waals surface area contributed by atoms with Gasteiger partial charge in [0.2, 0.25) is 0 Å². The summed E-state index contributed by atoms with van der Waals surface area (Å²) in [6, 6.07) is 0. The van der Waals surface area contributed by atoms with Gasteiger partial charge in [-0.3, -0.25) is 0 Å². The van der Waals surface area contributed by atoms with Gasteiger partial charge in [-0.05, 0) is 24.7 Å². The van der Waals surface area contributed by atoms with Crippen molar-refractivity contribution in [1.82, 2.24) is 4.90 Å². The number of aliphatic hydroxyl groups excluding tert-OH is 1. The molecule has 2 rings (SSSR count). The van der Waals surface area contributed by atoms with Crippen molar-refractivity contribution in [2.45, 2.75) is 32.3 Å². The van der Waals surface area contributed by atoms with Gasteiger partial charge in [-0.25, -0.2) is 0 Å². The fourth-order valence-corrected chi connectivity index (χ4v) is 2.52. The molecule has 2 fully saturated rings.